The molecule has 0 bridgehead atoms. The van der Waals surface area contributed by atoms with Gasteiger partial charge in [-0.15, -0.1) is 11.8 Å². The summed E-state index contributed by atoms with van der Waals surface area (Å²) in [6.45, 7) is 4.82. The van der Waals surface area contributed by atoms with Gasteiger partial charge < -0.3 is 10.4 Å². The van der Waals surface area contributed by atoms with Crippen molar-refractivity contribution < 1.29 is 18.3 Å². The first-order valence-electron chi connectivity index (χ1n) is 7.06. The molecule has 2 N–H and O–H groups in total. The van der Waals surface area contributed by atoms with Crippen molar-refractivity contribution in [2.75, 3.05) is 13.2 Å². The number of hydrogen-bond donors (Lipinski definition) is 2. The molecular weight excluding hydrogens is 299 g/mol. The molecule has 1 aromatic carbocycles. The van der Waals surface area contributed by atoms with E-state index in [2.05, 4.69) is 5.32 Å². The van der Waals surface area contributed by atoms with Crippen molar-refractivity contribution in [3.05, 3.63) is 29.3 Å². The molecule has 1 aromatic rings. The van der Waals surface area contributed by atoms with Crippen LogP contribution in [0, 0.1) is 0 Å². The monoisotopic (exact) mass is 321 g/mol. The van der Waals surface area contributed by atoms with Crippen molar-refractivity contribution in [3.63, 3.8) is 0 Å². The van der Waals surface area contributed by atoms with Crippen LogP contribution in [-0.4, -0.2) is 23.5 Å². The van der Waals surface area contributed by atoms with E-state index >= 15 is 0 Å². The number of alkyl halides is 3. The number of nitrogens with one attached hydrogen (secondary N) is 1. The van der Waals surface area contributed by atoms with Crippen LogP contribution in [0.2, 0.25) is 0 Å². The zero-order chi connectivity index (χ0) is 15.9. The molecule has 0 spiro atoms. The van der Waals surface area contributed by atoms with Gasteiger partial charge in [0, 0.05) is 23.3 Å². The zero-order valence-corrected chi connectivity index (χ0v) is 13.2. The average molecular weight is 321 g/mol. The van der Waals surface area contributed by atoms with Crippen LogP contribution in [0.1, 0.15) is 37.8 Å². The Morgan fingerprint density at radius 3 is 2.62 bits per heavy atom. The molecule has 0 saturated heterocycles. The van der Waals surface area contributed by atoms with Crippen LogP contribution >= 0.6 is 11.8 Å². The first kappa shape index (κ1) is 18.3. The summed E-state index contributed by atoms with van der Waals surface area (Å²) in [4.78, 5) is 0.586. The Morgan fingerprint density at radius 2 is 2.05 bits per heavy atom. The van der Waals surface area contributed by atoms with Crippen molar-refractivity contribution in [1.29, 1.82) is 0 Å². The number of aliphatic hydroxyl groups excluding tert-OH is 1. The minimum atomic E-state index is -4.35. The van der Waals surface area contributed by atoms with E-state index in [1.807, 2.05) is 13.8 Å². The summed E-state index contributed by atoms with van der Waals surface area (Å²) in [7, 11) is 0. The van der Waals surface area contributed by atoms with Gasteiger partial charge in [0.2, 0.25) is 0 Å². The predicted octanol–water partition coefficient (Wildman–Crippen LogP) is 4.07. The fourth-order valence-electron chi connectivity index (χ4n) is 1.92. The molecule has 0 fully saturated rings. The van der Waals surface area contributed by atoms with Crippen molar-refractivity contribution in [3.8, 4) is 0 Å². The van der Waals surface area contributed by atoms with Gasteiger partial charge in [0.05, 0.1) is 5.56 Å². The second kappa shape index (κ2) is 8.66. The number of thioether (sulfide) groups is 1. The van der Waals surface area contributed by atoms with Crippen LogP contribution in [-0.2, 0) is 12.7 Å². The van der Waals surface area contributed by atoms with E-state index in [-0.39, 0.29) is 24.0 Å². The highest BCUT2D eigenvalue weighted by Gasteiger charge is 2.33. The maximum atomic E-state index is 13.1. The van der Waals surface area contributed by atoms with Crippen molar-refractivity contribution in [2.24, 2.45) is 0 Å². The van der Waals surface area contributed by atoms with Gasteiger partial charge in [-0.2, -0.15) is 13.2 Å². The molecule has 1 rings (SSSR count). The van der Waals surface area contributed by atoms with E-state index in [1.165, 1.54) is 17.8 Å². The first-order valence-corrected chi connectivity index (χ1v) is 7.94. The molecule has 0 aliphatic heterocycles. The maximum absolute atomic E-state index is 13.1. The van der Waals surface area contributed by atoms with Gasteiger partial charge in [-0.25, -0.2) is 0 Å². The van der Waals surface area contributed by atoms with Crippen LogP contribution in [0.4, 0.5) is 13.2 Å². The second-order valence-corrected chi connectivity index (χ2v) is 6.45. The Morgan fingerprint density at radius 1 is 1.33 bits per heavy atom. The number of aliphatic hydroxyl groups is 1. The number of rotatable bonds is 8. The minimum absolute atomic E-state index is 0.0410. The highest BCUT2D eigenvalue weighted by molar-refractivity contribution is 7.99. The van der Waals surface area contributed by atoms with Crippen molar-refractivity contribution in [1.82, 2.24) is 5.32 Å². The van der Waals surface area contributed by atoms with E-state index in [0.717, 1.165) is 6.42 Å². The largest absolute Gasteiger partial charge is 0.416 e. The molecule has 0 heterocycles. The third-order valence-corrected chi connectivity index (χ3v) is 4.17. The smallest absolute Gasteiger partial charge is 0.396 e. The summed E-state index contributed by atoms with van der Waals surface area (Å²) in [5, 5.41) is 11.9. The topological polar surface area (TPSA) is 32.3 Å². The molecule has 1 atom stereocenters. The fourth-order valence-corrected chi connectivity index (χ4v) is 2.94. The van der Waals surface area contributed by atoms with Gasteiger partial charge in [0.25, 0.3) is 0 Å². The van der Waals surface area contributed by atoms with Crippen molar-refractivity contribution in [2.45, 2.75) is 49.6 Å². The quantitative estimate of drug-likeness (QED) is 0.559. The normalized spacial score (nSPS) is 13.4. The summed E-state index contributed by atoms with van der Waals surface area (Å²) < 4.78 is 39.4. The SMILES string of the molecule is CCCNCc1ccc(SC(C)CCO)cc1C(F)(F)F. The van der Waals surface area contributed by atoms with Gasteiger partial charge in [0.15, 0.2) is 0 Å². The third kappa shape index (κ3) is 6.28. The second-order valence-electron chi connectivity index (χ2n) is 4.93. The Labute approximate surface area is 128 Å². The van der Waals surface area contributed by atoms with Gasteiger partial charge in [-0.1, -0.05) is 19.9 Å². The molecule has 0 radical (unpaired) electrons. The van der Waals surface area contributed by atoms with Gasteiger partial charge in [-0.05, 0) is 37.1 Å². The van der Waals surface area contributed by atoms with E-state index < -0.39 is 11.7 Å². The third-order valence-electron chi connectivity index (χ3n) is 3.00. The van der Waals surface area contributed by atoms with Crippen LogP contribution in [0.15, 0.2) is 23.1 Å². The minimum Gasteiger partial charge on any atom is -0.396 e. The lowest BCUT2D eigenvalue weighted by Gasteiger charge is -2.16. The van der Waals surface area contributed by atoms with Gasteiger partial charge >= 0.3 is 6.18 Å². The highest BCUT2D eigenvalue weighted by atomic mass is 32.2. The molecule has 0 saturated carbocycles. The Bertz CT molecular complexity index is 437. The molecule has 6 heteroatoms. The Kier molecular flexibility index (Phi) is 7.56. The van der Waals surface area contributed by atoms with Crippen LogP contribution in [0.3, 0.4) is 0 Å². The lowest BCUT2D eigenvalue weighted by molar-refractivity contribution is -0.138. The van der Waals surface area contributed by atoms with E-state index in [0.29, 0.717) is 17.9 Å². The fraction of sp³-hybridized carbons (Fsp3) is 0.600. The van der Waals surface area contributed by atoms with Crippen LogP contribution in [0.25, 0.3) is 0 Å². The van der Waals surface area contributed by atoms with Crippen molar-refractivity contribution >= 4 is 11.8 Å². The standard InChI is InChI=1S/C15H22F3NOS/c1-3-7-19-10-12-4-5-13(21-11(2)6-8-20)9-14(12)15(16,17)18/h4-5,9,11,19-20H,3,6-8,10H2,1-2H3. The molecule has 0 aliphatic rings. The molecule has 2 nitrogen and oxygen atoms in total. The molecular formula is C15H22F3NOS. The summed E-state index contributed by atoms with van der Waals surface area (Å²) in [5.41, 5.74) is -0.303. The van der Waals surface area contributed by atoms with Crippen LogP contribution < -0.4 is 5.32 Å². The average Bonchev–Trinajstić information content (AvgIpc) is 2.39. The van der Waals surface area contributed by atoms with Gasteiger partial charge in [-0.3, -0.25) is 0 Å². The zero-order valence-electron chi connectivity index (χ0n) is 12.3. The molecule has 21 heavy (non-hydrogen) atoms. The molecule has 0 amide bonds. The number of benzene rings is 1. The summed E-state index contributed by atoms with van der Waals surface area (Å²) >= 11 is 1.36. The maximum Gasteiger partial charge on any atom is 0.416 e. The summed E-state index contributed by atoms with van der Waals surface area (Å²) in [5.74, 6) is 0. The molecule has 0 aromatic heterocycles. The van der Waals surface area contributed by atoms with E-state index in [9.17, 15) is 13.2 Å². The lowest BCUT2D eigenvalue weighted by Crippen LogP contribution is -2.18. The van der Waals surface area contributed by atoms with Gasteiger partial charge in [0.1, 0.15) is 0 Å². The Hall–Kier alpha value is -0.720. The highest BCUT2D eigenvalue weighted by Crippen LogP contribution is 2.36. The molecule has 0 aliphatic carbocycles. The first-order chi connectivity index (χ1) is 9.88. The molecule has 1 unspecified atom stereocenters. The summed E-state index contributed by atoms with van der Waals surface area (Å²) in [6, 6.07) is 4.47. The van der Waals surface area contributed by atoms with E-state index in [4.69, 9.17) is 5.11 Å². The van der Waals surface area contributed by atoms with E-state index in [1.54, 1.807) is 12.1 Å². The van der Waals surface area contributed by atoms with Crippen LogP contribution in [0.5, 0.6) is 0 Å². The summed E-state index contributed by atoms with van der Waals surface area (Å²) in [6.07, 6.45) is -2.90. The number of hydrogen-bond acceptors (Lipinski definition) is 3. The number of halogens is 3. The molecule has 120 valence electrons. The Balaban J connectivity index is 2.91. The predicted molar refractivity (Wildman–Crippen MR) is 80.5 cm³/mol. The lowest BCUT2D eigenvalue weighted by atomic mass is 10.1.